The van der Waals surface area contributed by atoms with Crippen LogP contribution in [0.2, 0.25) is 0 Å². The van der Waals surface area contributed by atoms with Crippen molar-refractivity contribution in [3.8, 4) is 0 Å². The second kappa shape index (κ2) is 5.62. The lowest BCUT2D eigenvalue weighted by Gasteiger charge is -2.15. The van der Waals surface area contributed by atoms with Crippen LogP contribution in [-0.2, 0) is 14.4 Å². The van der Waals surface area contributed by atoms with Gasteiger partial charge in [0.25, 0.3) is 0 Å². The maximum atomic E-state index is 11.0. The van der Waals surface area contributed by atoms with Gasteiger partial charge in [0.2, 0.25) is 0 Å². The highest BCUT2D eigenvalue weighted by Crippen LogP contribution is 2.17. The van der Waals surface area contributed by atoms with Crippen LogP contribution < -0.4 is 0 Å². The zero-order valence-corrected chi connectivity index (χ0v) is 8.42. The Bertz CT molecular complexity index is 202. The summed E-state index contributed by atoms with van der Waals surface area (Å²) < 4.78 is 0. The third kappa shape index (κ3) is 3.09. The van der Waals surface area contributed by atoms with Gasteiger partial charge >= 0.3 is 0 Å². The number of carbonyl (C=O) groups excluding carboxylic acids is 3. The van der Waals surface area contributed by atoms with Gasteiger partial charge in [0.1, 0.15) is 11.7 Å². The predicted octanol–water partition coefficient (Wildman–Crippen LogP) is 1.54. The first kappa shape index (κ1) is 12.0. The summed E-state index contributed by atoms with van der Waals surface area (Å²) in [6, 6.07) is 0. The number of rotatable bonds is 1. The zero-order valence-electron chi connectivity index (χ0n) is 8.42. The van der Waals surface area contributed by atoms with E-state index >= 15 is 0 Å². The fourth-order valence-corrected chi connectivity index (χ4v) is 1.36. The summed E-state index contributed by atoms with van der Waals surface area (Å²) in [5, 5.41) is 0. The molecule has 0 radical (unpaired) electrons. The van der Waals surface area contributed by atoms with E-state index in [1.807, 2.05) is 13.8 Å². The second-order valence-electron chi connectivity index (χ2n) is 2.83. The molecule has 0 N–H and O–H groups in total. The number of carbonyl (C=O) groups is 3. The molecule has 0 bridgehead atoms. The van der Waals surface area contributed by atoms with Gasteiger partial charge in [0.15, 0.2) is 11.6 Å². The Morgan fingerprint density at radius 3 is 1.77 bits per heavy atom. The molecule has 74 valence electrons. The summed E-state index contributed by atoms with van der Waals surface area (Å²) >= 11 is 0. The van der Waals surface area contributed by atoms with Crippen molar-refractivity contribution in [2.24, 2.45) is 5.92 Å². The van der Waals surface area contributed by atoms with Crippen LogP contribution in [0.3, 0.4) is 0 Å². The van der Waals surface area contributed by atoms with Gasteiger partial charge in [-0.2, -0.15) is 0 Å². The van der Waals surface area contributed by atoms with E-state index in [4.69, 9.17) is 0 Å². The van der Waals surface area contributed by atoms with Crippen molar-refractivity contribution in [2.75, 3.05) is 0 Å². The minimum Gasteiger partial charge on any atom is -0.299 e. The quantitative estimate of drug-likeness (QED) is 0.581. The number of Topliss-reactive ketones (excluding diaryl/α,β-unsaturated/α-hetero) is 3. The number of hydrogen-bond donors (Lipinski definition) is 0. The highest BCUT2D eigenvalue weighted by Gasteiger charge is 2.33. The van der Waals surface area contributed by atoms with Crippen molar-refractivity contribution < 1.29 is 14.4 Å². The average molecular weight is 184 g/mol. The molecular formula is C10H16O3. The third-order valence-corrected chi connectivity index (χ3v) is 1.90. The van der Waals surface area contributed by atoms with Crippen LogP contribution in [-0.4, -0.2) is 17.3 Å². The molecule has 0 atom stereocenters. The van der Waals surface area contributed by atoms with Gasteiger partial charge in [-0.3, -0.25) is 14.4 Å². The molecule has 1 rings (SSSR count). The molecule has 0 aromatic rings. The van der Waals surface area contributed by atoms with Crippen LogP contribution in [0.4, 0.5) is 0 Å². The van der Waals surface area contributed by atoms with Crippen molar-refractivity contribution in [1.29, 1.82) is 0 Å². The Morgan fingerprint density at radius 2 is 1.54 bits per heavy atom. The molecule has 1 aliphatic carbocycles. The van der Waals surface area contributed by atoms with E-state index in [1.54, 1.807) is 0 Å². The van der Waals surface area contributed by atoms with Crippen molar-refractivity contribution in [3.63, 3.8) is 0 Å². The fraction of sp³-hybridized carbons (Fsp3) is 0.700. The maximum absolute atomic E-state index is 11.0. The summed E-state index contributed by atoms with van der Waals surface area (Å²) in [5.74, 6) is -1.63. The molecule has 0 unspecified atom stereocenters. The second-order valence-corrected chi connectivity index (χ2v) is 2.83. The standard InChI is InChI=1S/C8H10O3.C2H6/c1-5(9)8-6(10)3-2-4-7(8)11;1-2/h8H,2-4H2,1H3;1-2H3. The monoisotopic (exact) mass is 184 g/mol. The first-order chi connectivity index (χ1) is 6.13. The number of ketones is 3. The summed E-state index contributed by atoms with van der Waals surface area (Å²) in [5.41, 5.74) is 0. The SMILES string of the molecule is CC.CC(=O)C1C(=O)CCCC1=O. The van der Waals surface area contributed by atoms with Crippen LogP contribution in [0, 0.1) is 5.92 Å². The van der Waals surface area contributed by atoms with E-state index < -0.39 is 5.92 Å². The van der Waals surface area contributed by atoms with E-state index in [0.29, 0.717) is 19.3 Å². The summed E-state index contributed by atoms with van der Waals surface area (Å²) in [6.07, 6.45) is 1.38. The fourth-order valence-electron chi connectivity index (χ4n) is 1.36. The van der Waals surface area contributed by atoms with Crippen LogP contribution in [0.15, 0.2) is 0 Å². The Kier molecular flexibility index (Phi) is 5.19. The number of hydrogen-bond acceptors (Lipinski definition) is 3. The van der Waals surface area contributed by atoms with Crippen LogP contribution in [0.25, 0.3) is 0 Å². The van der Waals surface area contributed by atoms with Gasteiger partial charge < -0.3 is 0 Å². The van der Waals surface area contributed by atoms with Crippen molar-refractivity contribution >= 4 is 17.3 Å². The van der Waals surface area contributed by atoms with Gasteiger partial charge in [0.05, 0.1) is 0 Å². The minimum atomic E-state index is -0.927. The zero-order chi connectivity index (χ0) is 10.4. The topological polar surface area (TPSA) is 51.2 Å². The molecule has 0 aromatic carbocycles. The van der Waals surface area contributed by atoms with E-state index in [9.17, 15) is 14.4 Å². The normalized spacial score (nSPS) is 17.8. The van der Waals surface area contributed by atoms with Gasteiger partial charge in [-0.05, 0) is 13.3 Å². The largest absolute Gasteiger partial charge is 0.299 e. The smallest absolute Gasteiger partial charge is 0.150 e. The molecule has 3 heteroatoms. The van der Waals surface area contributed by atoms with E-state index in [2.05, 4.69) is 0 Å². The molecule has 0 amide bonds. The molecule has 0 aliphatic heterocycles. The average Bonchev–Trinajstić information content (AvgIpc) is 2.07. The first-order valence-corrected chi connectivity index (χ1v) is 4.69. The molecular weight excluding hydrogens is 168 g/mol. The van der Waals surface area contributed by atoms with Gasteiger partial charge in [-0.1, -0.05) is 13.8 Å². The Hall–Kier alpha value is -0.990. The van der Waals surface area contributed by atoms with Gasteiger partial charge in [0, 0.05) is 12.8 Å². The molecule has 1 saturated carbocycles. The summed E-state index contributed by atoms with van der Waals surface area (Å²) in [6.45, 7) is 5.30. The predicted molar refractivity (Wildman–Crippen MR) is 49.4 cm³/mol. The van der Waals surface area contributed by atoms with E-state index in [1.165, 1.54) is 6.92 Å². The molecule has 0 heterocycles. The Labute approximate surface area is 78.5 Å². The van der Waals surface area contributed by atoms with E-state index in [-0.39, 0.29) is 17.3 Å². The third-order valence-electron chi connectivity index (χ3n) is 1.90. The molecule has 3 nitrogen and oxygen atoms in total. The summed E-state index contributed by atoms with van der Waals surface area (Å²) in [7, 11) is 0. The molecule has 1 fully saturated rings. The molecule has 13 heavy (non-hydrogen) atoms. The first-order valence-electron chi connectivity index (χ1n) is 4.69. The van der Waals surface area contributed by atoms with Gasteiger partial charge in [-0.15, -0.1) is 0 Å². The minimum absolute atomic E-state index is 0.200. The molecule has 0 aromatic heterocycles. The van der Waals surface area contributed by atoms with Crippen LogP contribution in [0.1, 0.15) is 40.0 Å². The van der Waals surface area contributed by atoms with Crippen LogP contribution in [0.5, 0.6) is 0 Å². The van der Waals surface area contributed by atoms with Crippen molar-refractivity contribution in [1.82, 2.24) is 0 Å². The maximum Gasteiger partial charge on any atom is 0.150 e. The Morgan fingerprint density at radius 1 is 1.15 bits per heavy atom. The van der Waals surface area contributed by atoms with Crippen molar-refractivity contribution in [3.05, 3.63) is 0 Å². The molecule has 0 spiro atoms. The van der Waals surface area contributed by atoms with E-state index in [0.717, 1.165) is 0 Å². The van der Waals surface area contributed by atoms with Gasteiger partial charge in [-0.25, -0.2) is 0 Å². The lowest BCUT2D eigenvalue weighted by atomic mass is 9.84. The summed E-state index contributed by atoms with van der Waals surface area (Å²) in [4.78, 5) is 32.8. The molecule has 1 aliphatic rings. The van der Waals surface area contributed by atoms with Crippen molar-refractivity contribution in [2.45, 2.75) is 40.0 Å². The lowest BCUT2D eigenvalue weighted by Crippen LogP contribution is -2.33. The molecule has 0 saturated heterocycles. The highest BCUT2D eigenvalue weighted by atomic mass is 16.2. The Balaban J connectivity index is 0.000000671. The lowest BCUT2D eigenvalue weighted by molar-refractivity contribution is -0.141. The highest BCUT2D eigenvalue weighted by molar-refractivity contribution is 6.19. The van der Waals surface area contributed by atoms with Crippen LogP contribution >= 0.6 is 0 Å².